The van der Waals surface area contributed by atoms with Crippen molar-refractivity contribution in [2.45, 2.75) is 0 Å². The number of thiazole rings is 1. The molecule has 0 bridgehead atoms. The minimum Gasteiger partial charge on any atom is -0.350 e. The number of aromatic nitrogens is 2. The van der Waals surface area contributed by atoms with Crippen molar-refractivity contribution in [2.75, 3.05) is 5.32 Å². The summed E-state index contributed by atoms with van der Waals surface area (Å²) in [6, 6.07) is 4.86. The van der Waals surface area contributed by atoms with E-state index < -0.39 is 11.6 Å². The lowest BCUT2D eigenvalue weighted by Crippen LogP contribution is -1.99. The molecule has 0 amide bonds. The highest BCUT2D eigenvalue weighted by Crippen LogP contribution is 2.34. The molecular formula is C14H7F2N3S2. The zero-order valence-corrected chi connectivity index (χ0v) is 12.1. The summed E-state index contributed by atoms with van der Waals surface area (Å²) in [5.41, 5.74) is 2.11. The van der Waals surface area contributed by atoms with Gasteiger partial charge in [0.25, 0.3) is 0 Å². The van der Waals surface area contributed by atoms with Crippen LogP contribution in [0.4, 0.5) is 20.2 Å². The summed E-state index contributed by atoms with van der Waals surface area (Å²) in [4.78, 5) is 8.97. The number of thiophene rings is 1. The van der Waals surface area contributed by atoms with Gasteiger partial charge in [0.1, 0.15) is 16.0 Å². The first-order valence-electron chi connectivity index (χ1n) is 6.04. The average Bonchev–Trinajstić information content (AvgIpc) is 3.11. The van der Waals surface area contributed by atoms with Crippen LogP contribution in [0.1, 0.15) is 0 Å². The van der Waals surface area contributed by atoms with Crippen molar-refractivity contribution in [2.24, 2.45) is 0 Å². The monoisotopic (exact) mass is 319 g/mol. The van der Waals surface area contributed by atoms with E-state index in [4.69, 9.17) is 0 Å². The Kier molecular flexibility index (Phi) is 2.83. The molecule has 0 saturated heterocycles. The molecular weight excluding hydrogens is 312 g/mol. The lowest BCUT2D eigenvalue weighted by molar-refractivity contribution is 0.598. The van der Waals surface area contributed by atoms with Gasteiger partial charge in [0.05, 0.1) is 15.9 Å². The molecule has 4 rings (SSSR count). The molecule has 0 unspecified atom stereocenters. The van der Waals surface area contributed by atoms with Crippen molar-refractivity contribution in [3.8, 4) is 0 Å². The summed E-state index contributed by atoms with van der Waals surface area (Å²) >= 11 is 2.68. The number of pyridine rings is 1. The topological polar surface area (TPSA) is 37.8 Å². The van der Waals surface area contributed by atoms with Gasteiger partial charge >= 0.3 is 0 Å². The number of hydrogen-bond donors (Lipinski definition) is 1. The highest BCUT2D eigenvalue weighted by Gasteiger charge is 2.17. The molecule has 7 heteroatoms. The molecule has 0 spiro atoms. The van der Waals surface area contributed by atoms with Crippen molar-refractivity contribution >= 4 is 54.5 Å². The fraction of sp³-hybridized carbons (Fsp3) is 0. The second-order valence-electron chi connectivity index (χ2n) is 4.37. The van der Waals surface area contributed by atoms with Crippen molar-refractivity contribution < 1.29 is 8.78 Å². The van der Waals surface area contributed by atoms with Crippen LogP contribution in [0.25, 0.3) is 20.4 Å². The van der Waals surface area contributed by atoms with E-state index in [2.05, 4.69) is 15.3 Å². The molecule has 1 aromatic carbocycles. The van der Waals surface area contributed by atoms with E-state index in [9.17, 15) is 8.78 Å². The maximum Gasteiger partial charge on any atom is 0.176 e. The Morgan fingerprint density at radius 1 is 1.10 bits per heavy atom. The Balaban J connectivity index is 1.89. The predicted octanol–water partition coefficient (Wildman–Crippen LogP) is 4.93. The van der Waals surface area contributed by atoms with Gasteiger partial charge in [-0.1, -0.05) is 0 Å². The molecule has 3 aromatic heterocycles. The molecule has 0 fully saturated rings. The Labute approximate surface area is 125 Å². The van der Waals surface area contributed by atoms with Gasteiger partial charge in [0.2, 0.25) is 0 Å². The number of benzene rings is 1. The molecule has 1 N–H and O–H groups in total. The van der Waals surface area contributed by atoms with Gasteiger partial charge in [0, 0.05) is 11.6 Å². The smallest absolute Gasteiger partial charge is 0.176 e. The highest BCUT2D eigenvalue weighted by atomic mass is 32.1. The van der Waals surface area contributed by atoms with Crippen molar-refractivity contribution in [1.29, 1.82) is 0 Å². The summed E-state index contributed by atoms with van der Waals surface area (Å²) in [5, 5.41) is 5.55. The van der Waals surface area contributed by atoms with Crippen LogP contribution in [-0.4, -0.2) is 9.97 Å². The molecule has 0 aliphatic rings. The molecule has 21 heavy (non-hydrogen) atoms. The molecule has 0 aliphatic carbocycles. The van der Waals surface area contributed by atoms with Crippen LogP contribution in [0, 0.1) is 11.6 Å². The Bertz CT molecular complexity index is 961. The first kappa shape index (κ1) is 12.6. The van der Waals surface area contributed by atoms with Crippen LogP contribution in [0.15, 0.2) is 35.3 Å². The fourth-order valence-corrected chi connectivity index (χ4v) is 3.62. The number of rotatable bonds is 2. The first-order valence-corrected chi connectivity index (χ1v) is 7.80. The largest absolute Gasteiger partial charge is 0.350 e. The number of hydrogen-bond acceptors (Lipinski definition) is 5. The van der Waals surface area contributed by atoms with Crippen LogP contribution < -0.4 is 5.32 Å². The van der Waals surface area contributed by atoms with Crippen LogP contribution in [0.5, 0.6) is 0 Å². The van der Waals surface area contributed by atoms with Gasteiger partial charge in [-0.25, -0.2) is 18.7 Å². The van der Waals surface area contributed by atoms with Gasteiger partial charge in [-0.3, -0.25) is 0 Å². The summed E-state index contributed by atoms with van der Waals surface area (Å²) in [7, 11) is 0. The number of fused-ring (bicyclic) bond motifs is 2. The van der Waals surface area contributed by atoms with E-state index in [0.717, 1.165) is 10.2 Å². The summed E-state index contributed by atoms with van der Waals surface area (Å²) in [6.45, 7) is 0. The predicted molar refractivity (Wildman–Crippen MR) is 82.4 cm³/mol. The zero-order valence-electron chi connectivity index (χ0n) is 10.4. The SMILES string of the molecule is Fc1cc2scnc2c(F)c1Nc1ccnc2sccc12. The van der Waals surface area contributed by atoms with E-state index in [1.807, 2.05) is 11.4 Å². The van der Waals surface area contributed by atoms with E-state index in [0.29, 0.717) is 10.4 Å². The number of nitrogens with one attached hydrogen (secondary N) is 1. The number of anilines is 2. The normalized spacial score (nSPS) is 11.3. The van der Waals surface area contributed by atoms with Crippen LogP contribution in [0.3, 0.4) is 0 Å². The maximum atomic E-state index is 14.4. The second-order valence-corrected chi connectivity index (χ2v) is 6.15. The Morgan fingerprint density at radius 3 is 2.90 bits per heavy atom. The zero-order chi connectivity index (χ0) is 14.4. The summed E-state index contributed by atoms with van der Waals surface area (Å²) < 4.78 is 29.0. The van der Waals surface area contributed by atoms with Crippen molar-refractivity contribution in [1.82, 2.24) is 9.97 Å². The van der Waals surface area contributed by atoms with Gasteiger partial charge in [-0.15, -0.1) is 22.7 Å². The molecule has 104 valence electrons. The molecule has 3 heterocycles. The van der Waals surface area contributed by atoms with Crippen molar-refractivity contribution in [3.05, 3.63) is 46.9 Å². The highest BCUT2D eigenvalue weighted by molar-refractivity contribution is 7.17. The minimum absolute atomic E-state index is 0.180. The number of nitrogens with zero attached hydrogens (tertiary/aromatic N) is 2. The standard InChI is InChI=1S/C14H7F2N3S2/c15-8-5-10-13(18-6-21-10)11(16)12(8)19-9-1-3-17-14-7(9)2-4-20-14/h1-6H,(H,17,19). The summed E-state index contributed by atoms with van der Waals surface area (Å²) in [6.07, 6.45) is 1.61. The lowest BCUT2D eigenvalue weighted by Gasteiger charge is -2.10. The van der Waals surface area contributed by atoms with Crippen LogP contribution >= 0.6 is 22.7 Å². The van der Waals surface area contributed by atoms with Gasteiger partial charge in [0.15, 0.2) is 11.6 Å². The van der Waals surface area contributed by atoms with Crippen LogP contribution in [-0.2, 0) is 0 Å². The second kappa shape index (κ2) is 4.71. The third kappa shape index (κ3) is 1.97. The van der Waals surface area contributed by atoms with E-state index in [-0.39, 0.29) is 11.2 Å². The van der Waals surface area contributed by atoms with Crippen molar-refractivity contribution in [3.63, 3.8) is 0 Å². The number of halogens is 2. The minimum atomic E-state index is -0.675. The first-order chi connectivity index (χ1) is 10.2. The quantitative estimate of drug-likeness (QED) is 0.569. The maximum absolute atomic E-state index is 14.4. The van der Waals surface area contributed by atoms with Gasteiger partial charge < -0.3 is 5.32 Å². The Hall–Kier alpha value is -2.12. The molecule has 3 nitrogen and oxygen atoms in total. The summed E-state index contributed by atoms with van der Waals surface area (Å²) in [5.74, 6) is -1.31. The van der Waals surface area contributed by atoms with E-state index in [1.54, 1.807) is 12.3 Å². The molecule has 0 saturated carbocycles. The van der Waals surface area contributed by atoms with Gasteiger partial charge in [-0.05, 0) is 23.6 Å². The molecule has 4 aromatic rings. The average molecular weight is 319 g/mol. The van der Waals surface area contributed by atoms with E-state index >= 15 is 0 Å². The van der Waals surface area contributed by atoms with E-state index in [1.165, 1.54) is 34.3 Å². The van der Waals surface area contributed by atoms with Gasteiger partial charge in [-0.2, -0.15) is 0 Å². The lowest BCUT2D eigenvalue weighted by atomic mass is 10.2. The Morgan fingerprint density at radius 2 is 2.00 bits per heavy atom. The fourth-order valence-electron chi connectivity index (χ4n) is 2.17. The molecule has 0 atom stereocenters. The van der Waals surface area contributed by atoms with Crippen LogP contribution in [0.2, 0.25) is 0 Å². The third-order valence-corrected chi connectivity index (χ3v) is 4.74. The molecule has 0 aliphatic heterocycles. The third-order valence-electron chi connectivity index (χ3n) is 3.15. The molecule has 0 radical (unpaired) electrons.